The van der Waals surface area contributed by atoms with Gasteiger partial charge in [-0.05, 0) is 64.5 Å². The predicted molar refractivity (Wildman–Crippen MR) is 138 cm³/mol. The molecule has 2 atom stereocenters. The molecule has 35 heavy (non-hydrogen) atoms. The Morgan fingerprint density at radius 1 is 1.14 bits per heavy atom. The molecule has 2 unspecified atom stereocenters. The molecule has 1 rings (SSSR count). The molecule has 0 heterocycles. The zero-order chi connectivity index (χ0) is 26.8. The number of nitrogens with zero attached hydrogens (tertiary/aromatic N) is 1. The summed E-state index contributed by atoms with van der Waals surface area (Å²) in [6.07, 6.45) is 1.40. The van der Waals surface area contributed by atoms with Crippen LogP contribution in [-0.2, 0) is 14.3 Å². The number of aryl methyl sites for hydroxylation is 2. The van der Waals surface area contributed by atoms with Crippen molar-refractivity contribution in [3.05, 3.63) is 34.9 Å². The fourth-order valence-electron chi connectivity index (χ4n) is 3.89. The van der Waals surface area contributed by atoms with E-state index in [0.717, 1.165) is 24.0 Å². The number of hydrogen-bond donors (Lipinski definition) is 3. The van der Waals surface area contributed by atoms with E-state index >= 15 is 0 Å². The van der Waals surface area contributed by atoms with Gasteiger partial charge in [-0.2, -0.15) is 0 Å². The fraction of sp³-hybridized carbons (Fsp3) is 0.667. The van der Waals surface area contributed by atoms with Crippen molar-refractivity contribution in [1.82, 2.24) is 15.5 Å². The fourth-order valence-corrected chi connectivity index (χ4v) is 3.89. The van der Waals surface area contributed by atoms with Crippen LogP contribution >= 0.6 is 0 Å². The van der Waals surface area contributed by atoms with Gasteiger partial charge in [0.25, 0.3) is 0 Å². The van der Waals surface area contributed by atoms with E-state index in [2.05, 4.69) is 10.6 Å². The Morgan fingerprint density at radius 3 is 2.31 bits per heavy atom. The zero-order valence-electron chi connectivity index (χ0n) is 22.7. The molecule has 0 radical (unpaired) electrons. The molecule has 0 saturated heterocycles. The van der Waals surface area contributed by atoms with E-state index in [4.69, 9.17) is 4.74 Å². The monoisotopic (exact) mass is 491 g/mol. The second-order valence-electron chi connectivity index (χ2n) is 10.5. The van der Waals surface area contributed by atoms with Gasteiger partial charge in [0, 0.05) is 13.1 Å². The van der Waals surface area contributed by atoms with Crippen molar-refractivity contribution in [2.45, 2.75) is 92.3 Å². The summed E-state index contributed by atoms with van der Waals surface area (Å²) in [7, 11) is 0. The van der Waals surface area contributed by atoms with Gasteiger partial charge in [0.15, 0.2) is 0 Å². The first-order chi connectivity index (χ1) is 16.3. The highest BCUT2D eigenvalue weighted by Gasteiger charge is 2.36. The molecule has 1 aromatic carbocycles. The largest absolute Gasteiger partial charge is 0.444 e. The molecular weight excluding hydrogens is 446 g/mol. The number of rotatable bonds is 12. The van der Waals surface area contributed by atoms with E-state index in [1.165, 1.54) is 4.90 Å². The molecule has 0 spiro atoms. The van der Waals surface area contributed by atoms with Gasteiger partial charge in [0.05, 0.1) is 6.61 Å². The van der Waals surface area contributed by atoms with Crippen LogP contribution in [0.25, 0.3) is 0 Å². The molecule has 8 nitrogen and oxygen atoms in total. The first-order valence-corrected chi connectivity index (χ1v) is 12.6. The molecule has 0 aliphatic heterocycles. The third-order valence-corrected chi connectivity index (χ3v) is 5.43. The van der Waals surface area contributed by atoms with E-state index in [0.29, 0.717) is 18.5 Å². The molecule has 0 saturated carbocycles. The maximum Gasteiger partial charge on any atom is 0.408 e. The highest BCUT2D eigenvalue weighted by molar-refractivity contribution is 5.92. The van der Waals surface area contributed by atoms with Crippen molar-refractivity contribution in [2.24, 2.45) is 5.92 Å². The van der Waals surface area contributed by atoms with Gasteiger partial charge in [0.2, 0.25) is 11.8 Å². The van der Waals surface area contributed by atoms with Gasteiger partial charge in [-0.15, -0.1) is 0 Å². The molecule has 0 aromatic heterocycles. The molecule has 198 valence electrons. The minimum atomic E-state index is -0.942. The lowest BCUT2D eigenvalue weighted by atomic mass is 9.95. The third kappa shape index (κ3) is 10.3. The van der Waals surface area contributed by atoms with Crippen molar-refractivity contribution >= 4 is 17.9 Å². The molecular formula is C27H45N3O5. The van der Waals surface area contributed by atoms with Crippen molar-refractivity contribution in [3.8, 4) is 0 Å². The van der Waals surface area contributed by atoms with Gasteiger partial charge in [-0.25, -0.2) is 4.79 Å². The van der Waals surface area contributed by atoms with Crippen LogP contribution in [0.1, 0.15) is 83.5 Å². The van der Waals surface area contributed by atoms with E-state index in [9.17, 15) is 19.5 Å². The van der Waals surface area contributed by atoms with Gasteiger partial charge < -0.3 is 25.4 Å². The van der Waals surface area contributed by atoms with E-state index in [-0.39, 0.29) is 25.0 Å². The molecule has 0 fully saturated rings. The Morgan fingerprint density at radius 2 is 1.80 bits per heavy atom. The average Bonchev–Trinajstić information content (AvgIpc) is 2.72. The maximum absolute atomic E-state index is 13.9. The van der Waals surface area contributed by atoms with E-state index < -0.39 is 29.7 Å². The highest BCUT2D eigenvalue weighted by Crippen LogP contribution is 2.27. The number of carbonyl (C=O) groups is 3. The van der Waals surface area contributed by atoms with Crippen LogP contribution in [0, 0.1) is 19.8 Å². The Balaban J connectivity index is 3.44. The first kappa shape index (κ1) is 30.4. The Kier molecular flexibility index (Phi) is 12.2. The number of ether oxygens (including phenoxy) is 1. The average molecular weight is 492 g/mol. The molecule has 0 aliphatic carbocycles. The van der Waals surface area contributed by atoms with Crippen molar-refractivity contribution < 1.29 is 24.2 Å². The van der Waals surface area contributed by atoms with Gasteiger partial charge in [0.1, 0.15) is 17.7 Å². The van der Waals surface area contributed by atoms with E-state index in [1.807, 2.05) is 52.8 Å². The van der Waals surface area contributed by atoms with Crippen LogP contribution in [0.2, 0.25) is 0 Å². The summed E-state index contributed by atoms with van der Waals surface area (Å²) in [6.45, 7) is 15.2. The number of nitrogens with one attached hydrogen (secondary N) is 2. The molecule has 3 amide bonds. The minimum absolute atomic E-state index is 0.0530. The number of aliphatic hydroxyl groups excluding tert-OH is 1. The summed E-state index contributed by atoms with van der Waals surface area (Å²) in [5, 5.41) is 15.5. The summed E-state index contributed by atoms with van der Waals surface area (Å²) in [5.41, 5.74) is 1.88. The first-order valence-electron chi connectivity index (χ1n) is 12.6. The number of aliphatic hydroxyl groups is 1. The second kappa shape index (κ2) is 14.1. The summed E-state index contributed by atoms with van der Waals surface area (Å²) >= 11 is 0. The number of alkyl carbamates (subject to hydrolysis) is 1. The minimum Gasteiger partial charge on any atom is -0.444 e. The summed E-state index contributed by atoms with van der Waals surface area (Å²) < 4.78 is 5.38. The molecule has 0 bridgehead atoms. The van der Waals surface area contributed by atoms with Gasteiger partial charge in [-0.1, -0.05) is 51.0 Å². The van der Waals surface area contributed by atoms with Gasteiger partial charge >= 0.3 is 6.09 Å². The Bertz CT molecular complexity index is 848. The SMILES string of the molecule is CCCCNC(=O)C(c1ccc(C)cc1C)N(CCO)C(=O)C(CC(C)C)NC(=O)OC(C)(C)C. The van der Waals surface area contributed by atoms with Crippen LogP contribution in [0.5, 0.6) is 0 Å². The van der Waals surface area contributed by atoms with Crippen LogP contribution < -0.4 is 10.6 Å². The number of hydrogen-bond acceptors (Lipinski definition) is 5. The number of carbonyl (C=O) groups excluding carboxylic acids is 3. The zero-order valence-corrected chi connectivity index (χ0v) is 22.7. The molecule has 1 aromatic rings. The lowest BCUT2D eigenvalue weighted by Gasteiger charge is -2.35. The maximum atomic E-state index is 13.9. The smallest absolute Gasteiger partial charge is 0.408 e. The summed E-state index contributed by atoms with van der Waals surface area (Å²) in [4.78, 5) is 41.2. The topological polar surface area (TPSA) is 108 Å². The molecule has 3 N–H and O–H groups in total. The standard InChI is InChI=1S/C27H45N3O5/c1-9-10-13-28-24(32)23(21-12-11-19(4)17-20(21)5)30(14-15-31)25(33)22(16-18(2)3)29-26(34)35-27(6,7)8/h11-12,17-18,22-23,31H,9-10,13-16H2,1-8H3,(H,28,32)(H,29,34). The van der Waals surface area contributed by atoms with Crippen molar-refractivity contribution in [2.75, 3.05) is 19.7 Å². The molecule has 8 heteroatoms. The highest BCUT2D eigenvalue weighted by atomic mass is 16.6. The lowest BCUT2D eigenvalue weighted by Crippen LogP contribution is -2.54. The number of unbranched alkanes of at least 4 members (excludes halogenated alkanes) is 1. The van der Waals surface area contributed by atoms with Crippen LogP contribution in [-0.4, -0.2) is 59.3 Å². The number of amides is 3. The third-order valence-electron chi connectivity index (χ3n) is 5.43. The van der Waals surface area contributed by atoms with Crippen molar-refractivity contribution in [1.29, 1.82) is 0 Å². The number of benzene rings is 1. The second-order valence-corrected chi connectivity index (χ2v) is 10.5. The summed E-state index contributed by atoms with van der Waals surface area (Å²) in [5.74, 6) is -0.658. The van der Waals surface area contributed by atoms with Crippen LogP contribution in [0.15, 0.2) is 18.2 Å². The quantitative estimate of drug-likeness (QED) is 0.383. The predicted octanol–water partition coefficient (Wildman–Crippen LogP) is 4.02. The van der Waals surface area contributed by atoms with Crippen molar-refractivity contribution in [3.63, 3.8) is 0 Å². The van der Waals surface area contributed by atoms with E-state index in [1.54, 1.807) is 20.8 Å². The summed E-state index contributed by atoms with van der Waals surface area (Å²) in [6, 6.07) is 3.87. The Hall–Kier alpha value is -2.61. The van der Waals surface area contributed by atoms with Crippen LogP contribution in [0.3, 0.4) is 0 Å². The Labute approximate surface area is 210 Å². The lowest BCUT2D eigenvalue weighted by molar-refractivity contribution is -0.143. The van der Waals surface area contributed by atoms with Crippen LogP contribution in [0.4, 0.5) is 4.79 Å². The van der Waals surface area contributed by atoms with Gasteiger partial charge in [-0.3, -0.25) is 9.59 Å². The normalized spacial score (nSPS) is 13.2. The molecule has 0 aliphatic rings.